The summed E-state index contributed by atoms with van der Waals surface area (Å²) in [6.07, 6.45) is -5.08. The van der Waals surface area contributed by atoms with Crippen molar-refractivity contribution in [1.82, 2.24) is 5.43 Å². The van der Waals surface area contributed by atoms with Crippen LogP contribution < -0.4 is 11.3 Å². The van der Waals surface area contributed by atoms with Gasteiger partial charge in [0.2, 0.25) is 0 Å². The van der Waals surface area contributed by atoms with Gasteiger partial charge < -0.3 is 5.11 Å². The highest BCUT2D eigenvalue weighted by Crippen LogP contribution is 2.18. The van der Waals surface area contributed by atoms with Crippen LogP contribution in [0.15, 0.2) is 29.2 Å². The molecule has 19 heavy (non-hydrogen) atoms. The van der Waals surface area contributed by atoms with Gasteiger partial charge in [-0.3, -0.25) is 10.2 Å². The van der Waals surface area contributed by atoms with Crippen LogP contribution in [0, 0.1) is 0 Å². The zero-order valence-corrected chi connectivity index (χ0v) is 9.89. The van der Waals surface area contributed by atoms with Crippen molar-refractivity contribution in [3.8, 4) is 0 Å². The molecule has 5 nitrogen and oxygen atoms in total. The lowest BCUT2D eigenvalue weighted by Gasteiger charge is -1.98. The first-order chi connectivity index (χ1) is 8.72. The Kier molecular flexibility index (Phi) is 6.86. The van der Waals surface area contributed by atoms with Gasteiger partial charge in [0, 0.05) is 10.5 Å². The monoisotopic (exact) mass is 300 g/mol. The van der Waals surface area contributed by atoms with Crippen molar-refractivity contribution in [2.75, 3.05) is 0 Å². The first-order valence-corrected chi connectivity index (χ1v) is 5.13. The van der Waals surface area contributed by atoms with Crippen molar-refractivity contribution < 1.29 is 31.8 Å². The molecular formula is C9H8F4N2O3S. The van der Waals surface area contributed by atoms with E-state index in [1.54, 1.807) is 0 Å². The summed E-state index contributed by atoms with van der Waals surface area (Å²) in [6, 6.07) is 6.03. The van der Waals surface area contributed by atoms with Gasteiger partial charge in [0.15, 0.2) is 0 Å². The number of halogens is 4. The molecule has 10 heteroatoms. The zero-order chi connectivity index (χ0) is 15.1. The van der Waals surface area contributed by atoms with E-state index in [-0.39, 0.29) is 18.1 Å². The molecule has 106 valence electrons. The van der Waals surface area contributed by atoms with Crippen molar-refractivity contribution in [2.45, 2.75) is 11.1 Å². The summed E-state index contributed by atoms with van der Waals surface area (Å²) in [5.74, 6) is 1.75. The maximum absolute atomic E-state index is 11.9. The van der Waals surface area contributed by atoms with Gasteiger partial charge >= 0.3 is 12.1 Å². The molecule has 1 amide bonds. The molecule has 0 aliphatic carbocycles. The third-order valence-corrected chi connectivity index (χ3v) is 2.03. The Labute approximate surface area is 109 Å². The lowest BCUT2D eigenvalue weighted by Crippen LogP contribution is -2.29. The number of benzene rings is 1. The van der Waals surface area contributed by atoms with E-state index in [2.05, 4.69) is 0 Å². The number of hydrogen-bond donors (Lipinski definition) is 3. The van der Waals surface area contributed by atoms with Gasteiger partial charge in [0.05, 0.1) is 12.1 Å². The van der Waals surface area contributed by atoms with Gasteiger partial charge in [-0.1, -0.05) is 0 Å². The largest absolute Gasteiger partial charge is 0.490 e. The molecule has 1 aromatic carbocycles. The van der Waals surface area contributed by atoms with Crippen molar-refractivity contribution in [3.63, 3.8) is 0 Å². The predicted octanol–water partition coefficient (Wildman–Crippen LogP) is 1.90. The Morgan fingerprint density at radius 3 is 1.89 bits per heavy atom. The SMILES string of the molecule is NNC(=O)c1ccc(SF)cc1.O=C(O)C(F)(F)F. The quantitative estimate of drug-likeness (QED) is 0.336. The lowest BCUT2D eigenvalue weighted by molar-refractivity contribution is -0.192. The van der Waals surface area contributed by atoms with Crippen LogP contribution in [0.5, 0.6) is 0 Å². The van der Waals surface area contributed by atoms with Crippen LogP contribution in [0.3, 0.4) is 0 Å². The van der Waals surface area contributed by atoms with E-state index in [1.165, 1.54) is 24.3 Å². The van der Waals surface area contributed by atoms with E-state index in [4.69, 9.17) is 15.7 Å². The molecule has 0 radical (unpaired) electrons. The van der Waals surface area contributed by atoms with Crippen molar-refractivity contribution >= 4 is 24.0 Å². The van der Waals surface area contributed by atoms with Crippen LogP contribution >= 0.6 is 12.1 Å². The number of amides is 1. The van der Waals surface area contributed by atoms with Crippen LogP contribution in [0.2, 0.25) is 0 Å². The van der Waals surface area contributed by atoms with Gasteiger partial charge in [-0.2, -0.15) is 17.1 Å². The van der Waals surface area contributed by atoms with Crippen LogP contribution in [0.25, 0.3) is 0 Å². The number of carbonyl (C=O) groups is 2. The minimum Gasteiger partial charge on any atom is -0.475 e. The van der Waals surface area contributed by atoms with E-state index < -0.39 is 12.1 Å². The van der Waals surface area contributed by atoms with Crippen LogP contribution in [-0.2, 0) is 4.79 Å². The molecule has 0 atom stereocenters. The number of nitrogens with one attached hydrogen (secondary N) is 1. The Balaban J connectivity index is 0.000000399. The molecule has 0 heterocycles. The number of carbonyl (C=O) groups excluding carboxylic acids is 1. The second-order valence-electron chi connectivity index (χ2n) is 2.88. The highest BCUT2D eigenvalue weighted by Gasteiger charge is 2.38. The summed E-state index contributed by atoms with van der Waals surface area (Å²) in [5.41, 5.74) is 2.39. The Hall–Kier alpha value is -1.81. The molecule has 0 saturated carbocycles. The minimum atomic E-state index is -5.08. The minimum absolute atomic E-state index is 0.134. The number of hydrogen-bond acceptors (Lipinski definition) is 4. The lowest BCUT2D eigenvalue weighted by atomic mass is 10.2. The van der Waals surface area contributed by atoms with E-state index in [0.29, 0.717) is 10.5 Å². The molecule has 4 N–H and O–H groups in total. The fraction of sp³-hybridized carbons (Fsp3) is 0.111. The normalized spacial score (nSPS) is 10.2. The highest BCUT2D eigenvalue weighted by molar-refractivity contribution is 7.94. The van der Waals surface area contributed by atoms with Crippen molar-refractivity contribution in [3.05, 3.63) is 29.8 Å². The molecule has 0 unspecified atom stereocenters. The molecular weight excluding hydrogens is 292 g/mol. The van der Waals surface area contributed by atoms with Gasteiger partial charge in [-0.25, -0.2) is 10.6 Å². The number of carboxylic acids is 1. The smallest absolute Gasteiger partial charge is 0.475 e. The average molecular weight is 300 g/mol. The first-order valence-electron chi connectivity index (χ1n) is 4.42. The number of alkyl halides is 3. The maximum atomic E-state index is 11.9. The summed E-state index contributed by atoms with van der Waals surface area (Å²) in [7, 11) is 0. The van der Waals surface area contributed by atoms with Gasteiger partial charge in [0.1, 0.15) is 0 Å². The summed E-state index contributed by atoms with van der Waals surface area (Å²) in [6.45, 7) is 0. The van der Waals surface area contributed by atoms with Crippen LogP contribution in [0.1, 0.15) is 10.4 Å². The number of rotatable bonds is 2. The zero-order valence-electron chi connectivity index (χ0n) is 9.07. The molecule has 0 spiro atoms. The molecule has 0 saturated heterocycles. The summed E-state index contributed by atoms with van der Waals surface area (Å²) < 4.78 is 43.7. The molecule has 0 aliphatic rings. The van der Waals surface area contributed by atoms with E-state index >= 15 is 0 Å². The van der Waals surface area contributed by atoms with Crippen molar-refractivity contribution in [2.24, 2.45) is 5.84 Å². The van der Waals surface area contributed by atoms with E-state index in [9.17, 15) is 21.9 Å². The summed E-state index contributed by atoms with van der Waals surface area (Å²) in [5, 5.41) is 7.12. The third kappa shape index (κ3) is 6.62. The summed E-state index contributed by atoms with van der Waals surface area (Å²) in [4.78, 5) is 20.2. The molecule has 0 aromatic heterocycles. The molecule has 1 rings (SSSR count). The topological polar surface area (TPSA) is 92.4 Å². The third-order valence-electron chi connectivity index (χ3n) is 1.58. The molecule has 0 aliphatic heterocycles. The summed E-state index contributed by atoms with van der Waals surface area (Å²) >= 11 is 0.134. The number of hydrazine groups is 1. The average Bonchev–Trinajstić information content (AvgIpc) is 2.37. The number of carboxylic acid groups (broad SMARTS) is 1. The van der Waals surface area contributed by atoms with Crippen molar-refractivity contribution in [1.29, 1.82) is 0 Å². The van der Waals surface area contributed by atoms with Gasteiger partial charge in [-0.15, -0.1) is 0 Å². The van der Waals surface area contributed by atoms with E-state index in [1.807, 2.05) is 5.43 Å². The van der Waals surface area contributed by atoms with Crippen LogP contribution in [0.4, 0.5) is 17.1 Å². The predicted molar refractivity (Wildman–Crippen MR) is 58.8 cm³/mol. The Bertz CT molecular complexity index is 436. The standard InChI is InChI=1S/C7H7FN2OS.C2HF3O2/c8-12-6-3-1-5(2-4-6)7(11)10-9;3-2(4,5)1(6)7/h1-4H,9H2,(H,10,11);(H,6,7). The number of aliphatic carboxylic acids is 1. The fourth-order valence-electron chi connectivity index (χ4n) is 0.741. The maximum Gasteiger partial charge on any atom is 0.490 e. The van der Waals surface area contributed by atoms with Gasteiger partial charge in [-0.05, 0) is 24.3 Å². The second kappa shape index (κ2) is 7.59. The molecule has 1 aromatic rings. The van der Waals surface area contributed by atoms with Gasteiger partial charge in [0.25, 0.3) is 5.91 Å². The fourth-order valence-corrected chi connectivity index (χ4v) is 0.980. The number of nitrogen functional groups attached to an aromatic ring is 1. The van der Waals surface area contributed by atoms with Crippen LogP contribution in [-0.4, -0.2) is 23.2 Å². The highest BCUT2D eigenvalue weighted by atomic mass is 32.2. The second-order valence-corrected chi connectivity index (χ2v) is 3.50. The Morgan fingerprint density at radius 2 is 1.63 bits per heavy atom. The number of nitrogens with two attached hydrogens (primary N) is 1. The molecule has 0 fully saturated rings. The van der Waals surface area contributed by atoms with E-state index in [0.717, 1.165) is 0 Å². The molecule has 0 bridgehead atoms. The first kappa shape index (κ1) is 17.2. The Morgan fingerprint density at radius 1 is 1.21 bits per heavy atom.